The minimum absolute atomic E-state index is 0.0534. The fraction of sp³-hybridized carbons (Fsp3) is 0.235. The van der Waals surface area contributed by atoms with Crippen LogP contribution in [0.5, 0.6) is 11.6 Å². The zero-order chi connectivity index (χ0) is 18.2. The number of ether oxygens (including phenoxy) is 2. The van der Waals surface area contributed by atoms with Gasteiger partial charge in [0.1, 0.15) is 5.56 Å². The Hall–Kier alpha value is -3.16. The van der Waals surface area contributed by atoms with E-state index in [0.29, 0.717) is 6.61 Å². The molecule has 1 aromatic heterocycles. The molecular formula is C17H18FN3O4. The summed E-state index contributed by atoms with van der Waals surface area (Å²) in [5.41, 5.74) is 4.64. The zero-order valence-corrected chi connectivity index (χ0v) is 13.8. The molecule has 2 aromatic rings. The summed E-state index contributed by atoms with van der Waals surface area (Å²) in [6, 6.07) is 8.81. The van der Waals surface area contributed by atoms with Crippen LogP contribution in [-0.4, -0.2) is 29.5 Å². The number of amides is 2. The average Bonchev–Trinajstić information content (AvgIpc) is 2.62. The maximum absolute atomic E-state index is 13.5. The Balaban J connectivity index is 1.93. The van der Waals surface area contributed by atoms with Gasteiger partial charge in [-0.1, -0.05) is 12.1 Å². The molecule has 0 spiro atoms. The largest absolute Gasteiger partial charge is 0.478 e. The van der Waals surface area contributed by atoms with Crippen LogP contribution in [0.3, 0.4) is 0 Å². The van der Waals surface area contributed by atoms with Crippen LogP contribution >= 0.6 is 0 Å². The van der Waals surface area contributed by atoms with Crippen molar-refractivity contribution in [2.45, 2.75) is 20.0 Å². The van der Waals surface area contributed by atoms with Crippen molar-refractivity contribution in [3.63, 3.8) is 0 Å². The number of hydrazine groups is 1. The van der Waals surface area contributed by atoms with Gasteiger partial charge in [-0.3, -0.25) is 20.4 Å². The number of carbonyl (C=O) groups excluding carboxylic acids is 2. The number of para-hydroxylation sites is 1. The van der Waals surface area contributed by atoms with Gasteiger partial charge >= 0.3 is 0 Å². The lowest BCUT2D eigenvalue weighted by Crippen LogP contribution is -2.47. The van der Waals surface area contributed by atoms with E-state index in [0.717, 1.165) is 0 Å². The fourth-order valence-electron chi connectivity index (χ4n) is 1.89. The highest BCUT2D eigenvalue weighted by Crippen LogP contribution is 2.17. The first-order valence-electron chi connectivity index (χ1n) is 7.62. The highest BCUT2D eigenvalue weighted by Gasteiger charge is 2.19. The molecular weight excluding hydrogens is 329 g/mol. The molecule has 1 heterocycles. The molecule has 1 atom stereocenters. The summed E-state index contributed by atoms with van der Waals surface area (Å²) >= 11 is 0. The number of hydrogen-bond acceptors (Lipinski definition) is 5. The van der Waals surface area contributed by atoms with Gasteiger partial charge < -0.3 is 9.47 Å². The van der Waals surface area contributed by atoms with Crippen LogP contribution in [0.25, 0.3) is 0 Å². The molecule has 7 nitrogen and oxygen atoms in total. The van der Waals surface area contributed by atoms with Crippen LogP contribution in [-0.2, 0) is 4.79 Å². The first-order valence-corrected chi connectivity index (χ1v) is 7.62. The Labute approximate surface area is 144 Å². The van der Waals surface area contributed by atoms with Crippen LogP contribution < -0.4 is 20.3 Å². The standard InChI is InChI=1S/C17H18FN3O4/c1-3-24-17-12(7-6-10-19-17)16(23)21-20-15(22)11(2)25-14-9-5-4-8-13(14)18/h4-11H,3H2,1-2H3,(H,20,22)(H,21,23)/t11-/m1/s1. The van der Waals surface area contributed by atoms with E-state index in [-0.39, 0.29) is 17.2 Å². The number of aromatic nitrogens is 1. The molecule has 0 radical (unpaired) electrons. The number of carbonyl (C=O) groups is 2. The highest BCUT2D eigenvalue weighted by molar-refractivity contribution is 5.97. The van der Waals surface area contributed by atoms with E-state index in [1.165, 1.54) is 37.4 Å². The third kappa shape index (κ3) is 4.90. The highest BCUT2D eigenvalue weighted by atomic mass is 19.1. The molecule has 132 valence electrons. The van der Waals surface area contributed by atoms with Gasteiger partial charge in [0.05, 0.1) is 6.61 Å². The van der Waals surface area contributed by atoms with Crippen molar-refractivity contribution < 1.29 is 23.5 Å². The summed E-state index contributed by atoms with van der Waals surface area (Å²) in [6.45, 7) is 3.54. The molecule has 2 amide bonds. The number of pyridine rings is 1. The van der Waals surface area contributed by atoms with E-state index in [9.17, 15) is 14.0 Å². The van der Waals surface area contributed by atoms with E-state index >= 15 is 0 Å². The Morgan fingerprint density at radius 2 is 1.96 bits per heavy atom. The first-order chi connectivity index (χ1) is 12.0. The molecule has 2 rings (SSSR count). The van der Waals surface area contributed by atoms with Crippen LogP contribution in [0.4, 0.5) is 4.39 Å². The van der Waals surface area contributed by atoms with E-state index in [2.05, 4.69) is 15.8 Å². The Morgan fingerprint density at radius 1 is 1.20 bits per heavy atom. The zero-order valence-electron chi connectivity index (χ0n) is 13.8. The van der Waals surface area contributed by atoms with Crippen LogP contribution in [0.2, 0.25) is 0 Å². The minimum Gasteiger partial charge on any atom is -0.478 e. The van der Waals surface area contributed by atoms with Crippen LogP contribution in [0.1, 0.15) is 24.2 Å². The van der Waals surface area contributed by atoms with Crippen molar-refractivity contribution in [2.24, 2.45) is 0 Å². The van der Waals surface area contributed by atoms with Gasteiger partial charge in [-0.05, 0) is 38.1 Å². The monoisotopic (exact) mass is 347 g/mol. The molecule has 0 saturated heterocycles. The summed E-state index contributed by atoms with van der Waals surface area (Å²) in [7, 11) is 0. The lowest BCUT2D eigenvalue weighted by molar-refractivity contribution is -0.128. The number of nitrogens with zero attached hydrogens (tertiary/aromatic N) is 1. The third-order valence-corrected chi connectivity index (χ3v) is 3.11. The lowest BCUT2D eigenvalue weighted by Gasteiger charge is -2.16. The second-order valence-electron chi connectivity index (χ2n) is 4.92. The topological polar surface area (TPSA) is 89.5 Å². The molecule has 25 heavy (non-hydrogen) atoms. The van der Waals surface area contributed by atoms with Gasteiger partial charge in [0.25, 0.3) is 11.8 Å². The Kier molecular flexibility index (Phi) is 6.27. The van der Waals surface area contributed by atoms with Crippen molar-refractivity contribution in [3.8, 4) is 11.6 Å². The average molecular weight is 347 g/mol. The van der Waals surface area contributed by atoms with Crippen molar-refractivity contribution in [2.75, 3.05) is 6.61 Å². The molecule has 0 aliphatic carbocycles. The Morgan fingerprint density at radius 3 is 2.68 bits per heavy atom. The molecule has 0 unspecified atom stereocenters. The summed E-state index contributed by atoms with van der Waals surface area (Å²) < 4.78 is 24.0. The van der Waals surface area contributed by atoms with E-state index in [1.54, 1.807) is 19.1 Å². The van der Waals surface area contributed by atoms with Gasteiger partial charge in [-0.15, -0.1) is 0 Å². The molecule has 0 aliphatic heterocycles. The first kappa shape index (κ1) is 18.2. The van der Waals surface area contributed by atoms with Gasteiger partial charge in [0.2, 0.25) is 5.88 Å². The summed E-state index contributed by atoms with van der Waals surface area (Å²) in [5.74, 6) is -1.71. The second kappa shape index (κ2) is 8.62. The molecule has 2 N–H and O–H groups in total. The minimum atomic E-state index is -1.02. The summed E-state index contributed by atoms with van der Waals surface area (Å²) in [6.07, 6.45) is 0.475. The lowest BCUT2D eigenvalue weighted by atomic mass is 10.2. The van der Waals surface area contributed by atoms with E-state index in [4.69, 9.17) is 9.47 Å². The molecule has 0 bridgehead atoms. The van der Waals surface area contributed by atoms with Crippen molar-refractivity contribution in [1.29, 1.82) is 0 Å². The second-order valence-corrected chi connectivity index (χ2v) is 4.92. The number of rotatable bonds is 6. The smallest absolute Gasteiger partial charge is 0.279 e. The molecule has 1 aromatic carbocycles. The van der Waals surface area contributed by atoms with Gasteiger partial charge in [0, 0.05) is 6.20 Å². The normalized spacial score (nSPS) is 11.3. The van der Waals surface area contributed by atoms with Gasteiger partial charge in [0.15, 0.2) is 17.7 Å². The molecule has 8 heteroatoms. The number of nitrogens with one attached hydrogen (secondary N) is 2. The number of halogens is 1. The van der Waals surface area contributed by atoms with Crippen molar-refractivity contribution in [1.82, 2.24) is 15.8 Å². The number of hydrogen-bond donors (Lipinski definition) is 2. The molecule has 0 saturated carbocycles. The van der Waals surface area contributed by atoms with E-state index < -0.39 is 23.7 Å². The van der Waals surface area contributed by atoms with Gasteiger partial charge in [-0.25, -0.2) is 9.37 Å². The fourth-order valence-corrected chi connectivity index (χ4v) is 1.89. The molecule has 0 aliphatic rings. The summed E-state index contributed by atoms with van der Waals surface area (Å²) in [4.78, 5) is 28.1. The summed E-state index contributed by atoms with van der Waals surface area (Å²) in [5, 5.41) is 0. The number of benzene rings is 1. The van der Waals surface area contributed by atoms with Crippen LogP contribution in [0.15, 0.2) is 42.6 Å². The van der Waals surface area contributed by atoms with Crippen molar-refractivity contribution >= 4 is 11.8 Å². The van der Waals surface area contributed by atoms with Crippen molar-refractivity contribution in [3.05, 3.63) is 54.0 Å². The maximum Gasteiger partial charge on any atom is 0.279 e. The Bertz CT molecular complexity index is 754. The maximum atomic E-state index is 13.5. The SMILES string of the molecule is CCOc1ncccc1C(=O)NNC(=O)[C@@H](C)Oc1ccccc1F. The predicted octanol–water partition coefficient (Wildman–Crippen LogP) is 1.85. The molecule has 0 fully saturated rings. The quantitative estimate of drug-likeness (QED) is 0.779. The van der Waals surface area contributed by atoms with E-state index in [1.807, 2.05) is 0 Å². The third-order valence-electron chi connectivity index (χ3n) is 3.11. The van der Waals surface area contributed by atoms with Crippen LogP contribution in [0, 0.1) is 5.82 Å². The predicted molar refractivity (Wildman–Crippen MR) is 87.5 cm³/mol. The van der Waals surface area contributed by atoms with Gasteiger partial charge in [-0.2, -0.15) is 0 Å².